The lowest BCUT2D eigenvalue weighted by Crippen LogP contribution is -2.29. The van der Waals surface area contributed by atoms with Gasteiger partial charge in [-0.3, -0.25) is 4.55 Å². The van der Waals surface area contributed by atoms with E-state index in [0.29, 0.717) is 0 Å². The van der Waals surface area contributed by atoms with E-state index in [1.54, 1.807) is 12.1 Å². The van der Waals surface area contributed by atoms with E-state index in [2.05, 4.69) is 10.2 Å². The van der Waals surface area contributed by atoms with Crippen LogP contribution >= 0.6 is 0 Å². The van der Waals surface area contributed by atoms with Gasteiger partial charge in [0.2, 0.25) is 0 Å². The van der Waals surface area contributed by atoms with E-state index < -0.39 is 10.1 Å². The summed E-state index contributed by atoms with van der Waals surface area (Å²) < 4.78 is 30.5. The zero-order valence-electron chi connectivity index (χ0n) is 10.2. The predicted molar refractivity (Wildman–Crippen MR) is 67.9 cm³/mol. The molecule has 1 aromatic carbocycles. The van der Waals surface area contributed by atoms with Crippen molar-refractivity contribution in [1.29, 1.82) is 0 Å². The van der Waals surface area contributed by atoms with Crippen LogP contribution in [0.15, 0.2) is 29.2 Å². The Morgan fingerprint density at radius 3 is 2.24 bits per heavy atom. The first-order valence-corrected chi connectivity index (χ1v) is 6.72. The van der Waals surface area contributed by atoms with E-state index in [9.17, 15) is 8.42 Å². The first-order valence-electron chi connectivity index (χ1n) is 5.28. The van der Waals surface area contributed by atoms with Crippen LogP contribution in [0.1, 0.15) is 6.92 Å². The maximum absolute atomic E-state index is 10.8. The molecule has 2 N–H and O–H groups in total. The van der Waals surface area contributed by atoms with Crippen molar-refractivity contribution < 1.29 is 13.0 Å². The molecule has 0 amide bonds. The monoisotopic (exact) mass is 258 g/mol. The molecule has 0 fully saturated rings. The Labute approximate surface area is 102 Å². The molecule has 5 nitrogen and oxygen atoms in total. The van der Waals surface area contributed by atoms with Gasteiger partial charge in [0.1, 0.15) is 0 Å². The molecule has 0 bridgehead atoms. The molecular weight excluding hydrogens is 240 g/mol. The van der Waals surface area contributed by atoms with Crippen LogP contribution in [0.3, 0.4) is 0 Å². The molecular formula is C11H18N2O3S. The first-order chi connectivity index (χ1) is 7.79. The topological polar surface area (TPSA) is 69.6 Å². The van der Waals surface area contributed by atoms with Crippen molar-refractivity contribution in [1.82, 2.24) is 4.90 Å². The highest BCUT2D eigenvalue weighted by atomic mass is 32.2. The second-order valence-electron chi connectivity index (χ2n) is 4.31. The smallest absolute Gasteiger partial charge is 0.294 e. The maximum atomic E-state index is 10.8. The van der Waals surface area contributed by atoms with Crippen molar-refractivity contribution in [3.63, 3.8) is 0 Å². The fraction of sp³-hybridized carbons (Fsp3) is 0.455. The Morgan fingerprint density at radius 2 is 1.82 bits per heavy atom. The molecule has 1 rings (SSSR count). The first kappa shape index (κ1) is 14.0. The molecule has 6 heteroatoms. The fourth-order valence-corrected chi connectivity index (χ4v) is 2.08. The van der Waals surface area contributed by atoms with Gasteiger partial charge in [-0.1, -0.05) is 0 Å². The fourth-order valence-electron chi connectivity index (χ4n) is 1.60. The van der Waals surface area contributed by atoms with Gasteiger partial charge in [-0.05, 0) is 45.3 Å². The molecule has 0 heterocycles. The second kappa shape index (κ2) is 5.48. The van der Waals surface area contributed by atoms with Gasteiger partial charge in [-0.15, -0.1) is 0 Å². The summed E-state index contributed by atoms with van der Waals surface area (Å²) in [5.74, 6) is 0. The average Bonchev–Trinajstić information content (AvgIpc) is 2.15. The van der Waals surface area contributed by atoms with E-state index >= 15 is 0 Å². The van der Waals surface area contributed by atoms with E-state index in [1.807, 2.05) is 21.0 Å². The third kappa shape index (κ3) is 4.72. The van der Waals surface area contributed by atoms with E-state index in [4.69, 9.17) is 4.55 Å². The highest BCUT2D eigenvalue weighted by Gasteiger charge is 2.09. The summed E-state index contributed by atoms with van der Waals surface area (Å²) in [5, 5.41) is 3.23. The Kier molecular flexibility index (Phi) is 4.50. The second-order valence-corrected chi connectivity index (χ2v) is 5.73. The minimum Gasteiger partial charge on any atom is -0.381 e. The molecule has 17 heavy (non-hydrogen) atoms. The molecule has 0 saturated heterocycles. The van der Waals surface area contributed by atoms with Crippen molar-refractivity contribution in [3.05, 3.63) is 24.3 Å². The molecule has 0 aliphatic heterocycles. The Bertz CT molecular complexity index is 454. The van der Waals surface area contributed by atoms with Gasteiger partial charge in [0.25, 0.3) is 10.1 Å². The number of likely N-dealkylation sites (N-methyl/N-ethyl adjacent to an activating group) is 1. The molecule has 0 aliphatic rings. The number of benzene rings is 1. The average molecular weight is 258 g/mol. The molecule has 0 aromatic heterocycles. The van der Waals surface area contributed by atoms with Crippen molar-refractivity contribution in [2.45, 2.75) is 17.9 Å². The van der Waals surface area contributed by atoms with Gasteiger partial charge < -0.3 is 10.2 Å². The summed E-state index contributed by atoms with van der Waals surface area (Å²) in [6, 6.07) is 6.27. The highest BCUT2D eigenvalue weighted by molar-refractivity contribution is 7.85. The Balaban J connectivity index is 2.69. The number of anilines is 1. The zero-order chi connectivity index (χ0) is 13.1. The van der Waals surface area contributed by atoms with Gasteiger partial charge in [0, 0.05) is 18.3 Å². The van der Waals surface area contributed by atoms with Crippen molar-refractivity contribution in [3.8, 4) is 0 Å². The highest BCUT2D eigenvalue weighted by Crippen LogP contribution is 2.14. The number of nitrogens with zero attached hydrogens (tertiary/aromatic N) is 1. The molecule has 0 radical (unpaired) electrons. The van der Waals surface area contributed by atoms with Crippen LogP contribution in [0, 0.1) is 0 Å². The summed E-state index contributed by atoms with van der Waals surface area (Å²) in [6.45, 7) is 2.91. The normalized spacial score (nSPS) is 13.7. The van der Waals surface area contributed by atoms with Crippen molar-refractivity contribution >= 4 is 15.8 Å². The van der Waals surface area contributed by atoms with Crippen molar-refractivity contribution in [2.75, 3.05) is 26.0 Å². The summed E-state index contributed by atoms with van der Waals surface area (Å²) in [6.07, 6.45) is 0. The van der Waals surface area contributed by atoms with E-state index in [1.165, 1.54) is 12.1 Å². The quantitative estimate of drug-likeness (QED) is 0.779. The van der Waals surface area contributed by atoms with Crippen LogP contribution in [0.5, 0.6) is 0 Å². The van der Waals surface area contributed by atoms with E-state index in [-0.39, 0.29) is 10.9 Å². The molecule has 1 atom stereocenters. The standard InChI is InChI=1S/C11H18N2O3S/c1-9(8-13(2)3)12-10-4-6-11(7-5-10)17(14,15)16/h4-7,9,12H,8H2,1-3H3,(H,14,15,16). The minimum atomic E-state index is -4.10. The largest absolute Gasteiger partial charge is 0.381 e. The third-order valence-electron chi connectivity index (χ3n) is 2.20. The minimum absolute atomic E-state index is 0.0942. The predicted octanol–water partition coefficient (Wildman–Crippen LogP) is 1.30. The lowest BCUT2D eigenvalue weighted by atomic mass is 10.2. The third-order valence-corrected chi connectivity index (χ3v) is 3.07. The molecule has 0 saturated carbocycles. The zero-order valence-corrected chi connectivity index (χ0v) is 11.0. The van der Waals surface area contributed by atoms with Crippen LogP contribution in [-0.4, -0.2) is 44.6 Å². The van der Waals surface area contributed by atoms with E-state index in [0.717, 1.165) is 12.2 Å². The van der Waals surface area contributed by atoms with Crippen LogP contribution in [0.4, 0.5) is 5.69 Å². The van der Waals surface area contributed by atoms with Crippen LogP contribution < -0.4 is 5.32 Å². The Hall–Kier alpha value is -1.11. The summed E-state index contributed by atoms with van der Waals surface area (Å²) in [5.41, 5.74) is 0.826. The molecule has 1 aromatic rings. The number of hydrogen-bond acceptors (Lipinski definition) is 4. The number of nitrogens with one attached hydrogen (secondary N) is 1. The van der Waals surface area contributed by atoms with Crippen molar-refractivity contribution in [2.24, 2.45) is 0 Å². The molecule has 1 unspecified atom stereocenters. The lowest BCUT2D eigenvalue weighted by Gasteiger charge is -2.19. The maximum Gasteiger partial charge on any atom is 0.294 e. The van der Waals surface area contributed by atoms with Crippen LogP contribution in [-0.2, 0) is 10.1 Å². The molecule has 0 aliphatic carbocycles. The number of hydrogen-bond donors (Lipinski definition) is 2. The summed E-state index contributed by atoms with van der Waals surface area (Å²) >= 11 is 0. The summed E-state index contributed by atoms with van der Waals surface area (Å²) in [4.78, 5) is 1.97. The lowest BCUT2D eigenvalue weighted by molar-refractivity contribution is 0.392. The molecule has 0 spiro atoms. The molecule has 96 valence electrons. The van der Waals surface area contributed by atoms with Crippen LogP contribution in [0.25, 0.3) is 0 Å². The van der Waals surface area contributed by atoms with Gasteiger partial charge >= 0.3 is 0 Å². The Morgan fingerprint density at radius 1 is 1.29 bits per heavy atom. The van der Waals surface area contributed by atoms with Gasteiger partial charge in [0.15, 0.2) is 0 Å². The number of rotatable bonds is 5. The van der Waals surface area contributed by atoms with Crippen LogP contribution in [0.2, 0.25) is 0 Å². The summed E-state index contributed by atoms with van der Waals surface area (Å²) in [7, 11) is -0.132. The van der Waals surface area contributed by atoms with Gasteiger partial charge in [-0.25, -0.2) is 0 Å². The van der Waals surface area contributed by atoms with Gasteiger partial charge in [0.05, 0.1) is 4.90 Å². The SMILES string of the molecule is CC(CN(C)C)Nc1ccc(S(=O)(=O)O)cc1. The van der Waals surface area contributed by atoms with Gasteiger partial charge in [-0.2, -0.15) is 8.42 Å².